The molecular weight excluding hydrogens is 196 g/mol. The average Bonchev–Trinajstić information content (AvgIpc) is 2.02. The first-order chi connectivity index (χ1) is 6.45. The van der Waals surface area contributed by atoms with Gasteiger partial charge in [0, 0.05) is 20.2 Å². The van der Waals surface area contributed by atoms with Crippen molar-refractivity contribution in [1.29, 1.82) is 0 Å². The Kier molecular flexibility index (Phi) is 6.83. The van der Waals surface area contributed by atoms with Gasteiger partial charge in [0.2, 0.25) is 0 Å². The van der Waals surface area contributed by atoms with E-state index in [4.69, 9.17) is 17.0 Å². The molecule has 14 heavy (non-hydrogen) atoms. The molecule has 0 heterocycles. The van der Waals surface area contributed by atoms with Crippen molar-refractivity contribution in [2.24, 2.45) is 5.41 Å². The van der Waals surface area contributed by atoms with Crippen LogP contribution in [0.1, 0.15) is 27.2 Å². The number of nitrogens with one attached hydrogen (secondary N) is 2. The monoisotopic (exact) mass is 218 g/mol. The highest BCUT2D eigenvalue weighted by Crippen LogP contribution is 2.16. The van der Waals surface area contributed by atoms with Gasteiger partial charge in [-0.15, -0.1) is 0 Å². The van der Waals surface area contributed by atoms with Crippen molar-refractivity contribution in [2.45, 2.75) is 27.2 Å². The molecule has 0 aromatic rings. The maximum atomic E-state index is 5.08. The zero-order valence-corrected chi connectivity index (χ0v) is 10.5. The van der Waals surface area contributed by atoms with Crippen LogP contribution in [0.4, 0.5) is 0 Å². The molecule has 84 valence electrons. The van der Waals surface area contributed by atoms with Gasteiger partial charge in [0.15, 0.2) is 5.11 Å². The molecule has 0 fully saturated rings. The first kappa shape index (κ1) is 13.7. The lowest BCUT2D eigenvalue weighted by Crippen LogP contribution is -2.38. The summed E-state index contributed by atoms with van der Waals surface area (Å²) in [5.74, 6) is 0. The van der Waals surface area contributed by atoms with Crippen LogP contribution in [-0.4, -0.2) is 31.9 Å². The quantitative estimate of drug-likeness (QED) is 0.542. The molecule has 0 radical (unpaired) electrons. The summed E-state index contributed by atoms with van der Waals surface area (Å²) in [6, 6.07) is 0. The number of rotatable bonds is 5. The fourth-order valence-corrected chi connectivity index (χ4v) is 1.08. The Hall–Kier alpha value is -0.350. The standard InChI is InChI=1S/C10H22N2OS/c1-10(2,3)5-6-11-9(14)12-7-8-13-4/h5-8H2,1-4H3,(H2,11,12,14). The summed E-state index contributed by atoms with van der Waals surface area (Å²) in [5.41, 5.74) is 0.356. The van der Waals surface area contributed by atoms with E-state index in [9.17, 15) is 0 Å². The third-order valence-corrected chi connectivity index (χ3v) is 2.04. The van der Waals surface area contributed by atoms with E-state index in [1.54, 1.807) is 7.11 Å². The predicted octanol–water partition coefficient (Wildman–Crippen LogP) is 1.53. The molecule has 0 amide bonds. The van der Waals surface area contributed by atoms with Gasteiger partial charge in [-0.3, -0.25) is 0 Å². The van der Waals surface area contributed by atoms with E-state index in [2.05, 4.69) is 31.4 Å². The maximum absolute atomic E-state index is 5.08. The van der Waals surface area contributed by atoms with Crippen molar-refractivity contribution in [2.75, 3.05) is 26.8 Å². The van der Waals surface area contributed by atoms with E-state index in [1.165, 1.54) is 0 Å². The van der Waals surface area contributed by atoms with Crippen molar-refractivity contribution >= 4 is 17.3 Å². The molecule has 0 aromatic heterocycles. The van der Waals surface area contributed by atoms with Crippen LogP contribution in [0.15, 0.2) is 0 Å². The summed E-state index contributed by atoms with van der Waals surface area (Å²) in [6.45, 7) is 9.02. The lowest BCUT2D eigenvalue weighted by molar-refractivity contribution is 0.204. The van der Waals surface area contributed by atoms with Crippen molar-refractivity contribution in [1.82, 2.24) is 10.6 Å². The fourth-order valence-electron chi connectivity index (χ4n) is 0.880. The van der Waals surface area contributed by atoms with E-state index in [1.807, 2.05) is 0 Å². The highest BCUT2D eigenvalue weighted by Gasteiger charge is 2.09. The van der Waals surface area contributed by atoms with Crippen molar-refractivity contribution in [3.8, 4) is 0 Å². The fraction of sp³-hybridized carbons (Fsp3) is 0.900. The van der Waals surface area contributed by atoms with Crippen molar-refractivity contribution in [3.63, 3.8) is 0 Å². The summed E-state index contributed by atoms with van der Waals surface area (Å²) >= 11 is 5.08. The Bertz CT molecular complexity index is 166. The van der Waals surface area contributed by atoms with Crippen LogP contribution in [0.5, 0.6) is 0 Å². The molecule has 0 bridgehead atoms. The molecule has 0 saturated carbocycles. The second-order valence-electron chi connectivity index (χ2n) is 4.49. The minimum absolute atomic E-state index is 0.356. The largest absolute Gasteiger partial charge is 0.383 e. The Morgan fingerprint density at radius 2 is 1.79 bits per heavy atom. The lowest BCUT2D eigenvalue weighted by atomic mass is 9.92. The van der Waals surface area contributed by atoms with Crippen molar-refractivity contribution < 1.29 is 4.74 Å². The van der Waals surface area contributed by atoms with E-state index in [0.717, 1.165) is 19.5 Å². The number of methoxy groups -OCH3 is 1. The third kappa shape index (κ3) is 9.74. The van der Waals surface area contributed by atoms with E-state index >= 15 is 0 Å². The average molecular weight is 218 g/mol. The second-order valence-corrected chi connectivity index (χ2v) is 4.89. The van der Waals surface area contributed by atoms with Crippen LogP contribution >= 0.6 is 12.2 Å². The predicted molar refractivity (Wildman–Crippen MR) is 64.6 cm³/mol. The Morgan fingerprint density at radius 1 is 1.21 bits per heavy atom. The van der Waals surface area contributed by atoms with Crippen LogP contribution in [0.3, 0.4) is 0 Å². The summed E-state index contributed by atoms with van der Waals surface area (Å²) in [6.07, 6.45) is 1.11. The zero-order valence-electron chi connectivity index (χ0n) is 9.64. The first-order valence-electron chi connectivity index (χ1n) is 4.96. The SMILES string of the molecule is COCCNC(=S)NCCC(C)(C)C. The van der Waals surface area contributed by atoms with Crippen LogP contribution in [0.25, 0.3) is 0 Å². The summed E-state index contributed by atoms with van der Waals surface area (Å²) < 4.78 is 4.90. The van der Waals surface area contributed by atoms with Gasteiger partial charge in [-0.2, -0.15) is 0 Å². The molecule has 0 unspecified atom stereocenters. The highest BCUT2D eigenvalue weighted by molar-refractivity contribution is 7.80. The molecule has 3 nitrogen and oxygen atoms in total. The smallest absolute Gasteiger partial charge is 0.166 e. The van der Waals surface area contributed by atoms with Gasteiger partial charge >= 0.3 is 0 Å². The lowest BCUT2D eigenvalue weighted by Gasteiger charge is -2.19. The normalized spacial score (nSPS) is 11.1. The van der Waals surface area contributed by atoms with Crippen LogP contribution in [0.2, 0.25) is 0 Å². The van der Waals surface area contributed by atoms with E-state index < -0.39 is 0 Å². The summed E-state index contributed by atoms with van der Waals surface area (Å²) in [4.78, 5) is 0. The van der Waals surface area contributed by atoms with Gasteiger partial charge in [-0.05, 0) is 24.1 Å². The van der Waals surface area contributed by atoms with Crippen LogP contribution in [-0.2, 0) is 4.74 Å². The number of hydrogen-bond acceptors (Lipinski definition) is 2. The molecule has 0 atom stereocenters. The first-order valence-corrected chi connectivity index (χ1v) is 5.37. The van der Waals surface area contributed by atoms with Gasteiger partial charge in [0.1, 0.15) is 0 Å². The van der Waals surface area contributed by atoms with Gasteiger partial charge in [0.25, 0.3) is 0 Å². The second kappa shape index (κ2) is 7.01. The van der Waals surface area contributed by atoms with Crippen LogP contribution in [0, 0.1) is 5.41 Å². The van der Waals surface area contributed by atoms with E-state index in [0.29, 0.717) is 17.1 Å². The summed E-state index contributed by atoms with van der Waals surface area (Å²) in [7, 11) is 1.68. The Balaban J connectivity index is 3.36. The topological polar surface area (TPSA) is 33.3 Å². The molecule has 0 aliphatic carbocycles. The Labute approximate surface area is 92.6 Å². The number of thiocarbonyl (C=S) groups is 1. The number of ether oxygens (including phenoxy) is 1. The molecule has 4 heteroatoms. The molecular formula is C10H22N2OS. The molecule has 0 rings (SSSR count). The molecule has 0 aliphatic heterocycles. The van der Waals surface area contributed by atoms with Crippen molar-refractivity contribution in [3.05, 3.63) is 0 Å². The van der Waals surface area contributed by atoms with Gasteiger partial charge in [-0.25, -0.2) is 0 Å². The minimum Gasteiger partial charge on any atom is -0.383 e. The third-order valence-electron chi connectivity index (χ3n) is 1.75. The Morgan fingerprint density at radius 3 is 2.29 bits per heavy atom. The maximum Gasteiger partial charge on any atom is 0.166 e. The number of hydrogen-bond donors (Lipinski definition) is 2. The molecule has 2 N–H and O–H groups in total. The van der Waals surface area contributed by atoms with Gasteiger partial charge in [0.05, 0.1) is 6.61 Å². The molecule has 0 aromatic carbocycles. The van der Waals surface area contributed by atoms with Crippen LogP contribution < -0.4 is 10.6 Å². The van der Waals surface area contributed by atoms with Gasteiger partial charge in [-0.1, -0.05) is 20.8 Å². The zero-order chi connectivity index (χ0) is 11.0. The molecule has 0 saturated heterocycles. The molecule has 0 spiro atoms. The van der Waals surface area contributed by atoms with E-state index in [-0.39, 0.29) is 0 Å². The molecule has 0 aliphatic rings. The highest BCUT2D eigenvalue weighted by atomic mass is 32.1. The summed E-state index contributed by atoms with van der Waals surface area (Å²) in [5, 5.41) is 6.94. The minimum atomic E-state index is 0.356. The van der Waals surface area contributed by atoms with Gasteiger partial charge < -0.3 is 15.4 Å².